The smallest absolute Gasteiger partial charge is 0.322 e. The van der Waals surface area contributed by atoms with E-state index < -0.39 is 11.9 Å². The molecule has 8 nitrogen and oxygen atoms in total. The maximum atomic E-state index is 13.0. The second kappa shape index (κ2) is 9.46. The van der Waals surface area contributed by atoms with Crippen LogP contribution in [0, 0.1) is 6.92 Å². The summed E-state index contributed by atoms with van der Waals surface area (Å²) in [6.07, 6.45) is 0.535. The number of anilines is 1. The van der Waals surface area contributed by atoms with Crippen LogP contribution in [0.15, 0.2) is 36.4 Å². The number of fused-ring (bicyclic) bond motifs is 1. The minimum absolute atomic E-state index is 0.0950. The van der Waals surface area contributed by atoms with E-state index in [0.29, 0.717) is 29.2 Å². The molecule has 34 heavy (non-hydrogen) atoms. The van der Waals surface area contributed by atoms with Gasteiger partial charge >= 0.3 is 6.03 Å². The van der Waals surface area contributed by atoms with Gasteiger partial charge in [-0.25, -0.2) is 4.79 Å². The van der Waals surface area contributed by atoms with E-state index in [0.717, 1.165) is 16.7 Å². The van der Waals surface area contributed by atoms with Crippen LogP contribution in [0.4, 0.5) is 10.5 Å². The first-order valence-electron chi connectivity index (χ1n) is 11.3. The number of benzene rings is 2. The van der Waals surface area contributed by atoms with Crippen LogP contribution in [0.5, 0.6) is 0 Å². The Bertz CT molecular complexity index is 1180. The number of aryl methyl sites for hydroxylation is 1. The third-order valence-electron chi connectivity index (χ3n) is 6.21. The Morgan fingerprint density at radius 3 is 2.65 bits per heavy atom. The summed E-state index contributed by atoms with van der Waals surface area (Å²) in [7, 11) is 0. The van der Waals surface area contributed by atoms with Crippen molar-refractivity contribution in [3.63, 3.8) is 0 Å². The molecule has 1 atom stereocenters. The van der Waals surface area contributed by atoms with Crippen LogP contribution in [0.3, 0.4) is 0 Å². The summed E-state index contributed by atoms with van der Waals surface area (Å²) >= 11 is 6.26. The predicted molar refractivity (Wildman–Crippen MR) is 129 cm³/mol. The fourth-order valence-corrected chi connectivity index (χ4v) is 4.53. The van der Waals surface area contributed by atoms with E-state index in [9.17, 15) is 19.2 Å². The van der Waals surface area contributed by atoms with Crippen LogP contribution < -0.4 is 15.5 Å². The third-order valence-corrected chi connectivity index (χ3v) is 6.61. The number of rotatable bonds is 5. The highest BCUT2D eigenvalue weighted by Crippen LogP contribution is 2.28. The lowest BCUT2D eigenvalue weighted by Crippen LogP contribution is -2.52. The van der Waals surface area contributed by atoms with Crippen LogP contribution in [-0.4, -0.2) is 40.7 Å². The van der Waals surface area contributed by atoms with E-state index in [1.165, 1.54) is 4.90 Å². The average Bonchev–Trinajstić information content (AvgIpc) is 3.10. The molecule has 2 aromatic rings. The van der Waals surface area contributed by atoms with Crippen LogP contribution in [-0.2, 0) is 22.7 Å². The molecule has 0 saturated carbocycles. The Morgan fingerprint density at radius 2 is 1.97 bits per heavy atom. The largest absolute Gasteiger partial charge is 0.334 e. The number of carbonyl (C=O) groups excluding carboxylic acids is 4. The Balaban J connectivity index is 1.45. The maximum absolute atomic E-state index is 13.0. The molecule has 1 unspecified atom stereocenters. The van der Waals surface area contributed by atoms with Crippen molar-refractivity contribution in [3.8, 4) is 0 Å². The van der Waals surface area contributed by atoms with E-state index in [1.54, 1.807) is 17.0 Å². The predicted octanol–water partition coefficient (Wildman–Crippen LogP) is 3.53. The van der Waals surface area contributed by atoms with Crippen molar-refractivity contribution < 1.29 is 19.2 Å². The lowest BCUT2D eigenvalue weighted by molar-refractivity contribution is -0.136. The number of urea groups is 1. The summed E-state index contributed by atoms with van der Waals surface area (Å²) in [4.78, 5) is 52.8. The summed E-state index contributed by atoms with van der Waals surface area (Å²) in [6, 6.07) is 9.96. The average molecular weight is 483 g/mol. The first-order chi connectivity index (χ1) is 16.2. The van der Waals surface area contributed by atoms with E-state index >= 15 is 0 Å². The van der Waals surface area contributed by atoms with Gasteiger partial charge in [-0.3, -0.25) is 24.6 Å². The van der Waals surface area contributed by atoms with Gasteiger partial charge in [0.2, 0.25) is 11.8 Å². The van der Waals surface area contributed by atoms with Gasteiger partial charge in [-0.2, -0.15) is 0 Å². The number of piperidine rings is 1. The molecule has 0 spiro atoms. The summed E-state index contributed by atoms with van der Waals surface area (Å²) in [5.74, 6) is -0.988. The minimum atomic E-state index is -0.651. The molecule has 2 aromatic carbocycles. The number of nitrogens with zero attached hydrogens (tertiary/aromatic N) is 2. The zero-order chi connectivity index (χ0) is 24.6. The molecular weight excluding hydrogens is 456 g/mol. The van der Waals surface area contributed by atoms with E-state index in [4.69, 9.17) is 11.6 Å². The first kappa shape index (κ1) is 23.8. The topological polar surface area (TPSA) is 98.8 Å². The van der Waals surface area contributed by atoms with Gasteiger partial charge < -0.3 is 10.2 Å². The van der Waals surface area contributed by atoms with E-state index in [-0.39, 0.29) is 36.9 Å². The zero-order valence-corrected chi connectivity index (χ0v) is 20.1. The summed E-state index contributed by atoms with van der Waals surface area (Å²) in [5, 5.41) is 5.82. The number of imide groups is 1. The molecule has 1 saturated heterocycles. The Kier molecular flexibility index (Phi) is 6.61. The summed E-state index contributed by atoms with van der Waals surface area (Å²) in [5.41, 5.74) is 3.75. The van der Waals surface area contributed by atoms with Crippen molar-refractivity contribution in [2.24, 2.45) is 0 Å². The van der Waals surface area contributed by atoms with Gasteiger partial charge in [-0.15, -0.1) is 0 Å². The molecule has 0 radical (unpaired) electrons. The molecule has 2 aliphatic heterocycles. The van der Waals surface area contributed by atoms with Gasteiger partial charge in [0.15, 0.2) is 0 Å². The fraction of sp³-hybridized carbons (Fsp3) is 0.360. The van der Waals surface area contributed by atoms with Crippen LogP contribution >= 0.6 is 11.6 Å². The molecule has 1 fully saturated rings. The normalized spacial score (nSPS) is 17.6. The van der Waals surface area contributed by atoms with Gasteiger partial charge in [-0.05, 0) is 62.1 Å². The highest BCUT2D eigenvalue weighted by Gasteiger charge is 2.39. The first-order valence-corrected chi connectivity index (χ1v) is 11.6. The van der Waals surface area contributed by atoms with Crippen molar-refractivity contribution >= 4 is 41.0 Å². The van der Waals surface area contributed by atoms with Gasteiger partial charge in [0.25, 0.3) is 5.91 Å². The highest BCUT2D eigenvalue weighted by molar-refractivity contribution is 6.31. The highest BCUT2D eigenvalue weighted by atomic mass is 35.5. The van der Waals surface area contributed by atoms with E-state index in [1.807, 2.05) is 45.0 Å². The fourth-order valence-electron chi connectivity index (χ4n) is 4.36. The maximum Gasteiger partial charge on any atom is 0.322 e. The molecule has 0 aliphatic carbocycles. The number of halogens is 1. The Morgan fingerprint density at radius 1 is 1.21 bits per heavy atom. The molecule has 2 heterocycles. The third kappa shape index (κ3) is 4.63. The molecule has 4 rings (SSSR count). The molecule has 0 bridgehead atoms. The monoisotopic (exact) mass is 482 g/mol. The Hall–Kier alpha value is -3.39. The van der Waals surface area contributed by atoms with Crippen molar-refractivity contribution in [2.75, 3.05) is 4.90 Å². The van der Waals surface area contributed by atoms with Crippen molar-refractivity contribution in [2.45, 2.75) is 58.8 Å². The molecule has 2 N–H and O–H groups in total. The SMILES string of the molecule is Cc1ccc(N(C(=O)NCc2ccc3c(c2)C(=O)N(C2CCC(=O)NC2=O)C3)C(C)C)cc1Cl. The summed E-state index contributed by atoms with van der Waals surface area (Å²) in [6.45, 7) is 6.31. The second-order valence-corrected chi connectivity index (χ2v) is 9.35. The molecule has 5 amide bonds. The van der Waals surface area contributed by atoms with Crippen molar-refractivity contribution in [1.82, 2.24) is 15.5 Å². The second-order valence-electron chi connectivity index (χ2n) is 8.95. The standard InChI is InChI=1S/C25H27ClN4O4/c1-14(2)30(18-7-4-15(3)20(26)11-18)25(34)27-12-16-5-6-17-13-29(24(33)19(17)10-16)21-8-9-22(31)28-23(21)32/h4-7,10-11,14,21H,8-9,12-13H2,1-3H3,(H,27,34)(H,28,31,32). The van der Waals surface area contributed by atoms with Gasteiger partial charge in [-0.1, -0.05) is 29.8 Å². The molecule has 2 aliphatic rings. The molecule has 178 valence electrons. The number of carbonyl (C=O) groups is 4. The molecule has 9 heteroatoms. The van der Waals surface area contributed by atoms with Gasteiger partial charge in [0.05, 0.1) is 0 Å². The zero-order valence-electron chi connectivity index (χ0n) is 19.4. The molecular formula is C25H27ClN4O4. The number of hydrogen-bond acceptors (Lipinski definition) is 4. The minimum Gasteiger partial charge on any atom is -0.334 e. The van der Waals surface area contributed by atoms with Gasteiger partial charge in [0.1, 0.15) is 6.04 Å². The summed E-state index contributed by atoms with van der Waals surface area (Å²) < 4.78 is 0. The quantitative estimate of drug-likeness (QED) is 0.637. The van der Waals surface area contributed by atoms with Crippen LogP contribution in [0.25, 0.3) is 0 Å². The lowest BCUT2D eigenvalue weighted by atomic mass is 10.0. The Labute approximate surface area is 203 Å². The van der Waals surface area contributed by atoms with Crippen molar-refractivity contribution in [3.05, 3.63) is 63.7 Å². The van der Waals surface area contributed by atoms with Crippen molar-refractivity contribution in [1.29, 1.82) is 0 Å². The number of nitrogens with one attached hydrogen (secondary N) is 2. The van der Waals surface area contributed by atoms with E-state index in [2.05, 4.69) is 10.6 Å². The van der Waals surface area contributed by atoms with Crippen LogP contribution in [0.1, 0.15) is 53.7 Å². The lowest BCUT2D eigenvalue weighted by Gasteiger charge is -2.29. The van der Waals surface area contributed by atoms with Gasteiger partial charge in [0, 0.05) is 41.8 Å². The van der Waals surface area contributed by atoms with Crippen LogP contribution in [0.2, 0.25) is 5.02 Å². The number of amides is 5. The number of hydrogen-bond donors (Lipinski definition) is 2. The molecule has 0 aromatic heterocycles.